The number of hydrogen-bond donors (Lipinski definition) is 0. The summed E-state index contributed by atoms with van der Waals surface area (Å²) in [5, 5.41) is 0. The maximum atomic E-state index is 5.88. The highest BCUT2D eigenvalue weighted by Gasteiger charge is 2.04. The fourth-order valence-corrected chi connectivity index (χ4v) is 2.26. The number of ether oxygens (including phenoxy) is 1. The minimum atomic E-state index is 0.531. The smallest absolute Gasteiger partial charge is 0.126 e. The van der Waals surface area contributed by atoms with Crippen LogP contribution in [-0.2, 0) is 0 Å². The summed E-state index contributed by atoms with van der Waals surface area (Å²) in [6.45, 7) is 5.32. The van der Waals surface area contributed by atoms with Crippen LogP contribution in [0.4, 0.5) is 0 Å². The van der Waals surface area contributed by atoms with Gasteiger partial charge in [-0.05, 0) is 24.8 Å². The molecule has 0 aliphatic rings. The molecule has 0 fully saturated rings. The molecule has 0 heterocycles. The summed E-state index contributed by atoms with van der Waals surface area (Å²) in [5.74, 6) is 2.33. The van der Waals surface area contributed by atoms with Crippen molar-refractivity contribution in [2.24, 2.45) is 5.92 Å². The molecule has 1 nitrogen and oxygen atoms in total. The normalized spacial score (nSPS) is 11.4. The monoisotopic (exact) mass is 280 g/mol. The molecule has 0 N–H and O–H groups in total. The molecule has 19 heavy (non-hydrogen) atoms. The van der Waals surface area contributed by atoms with Gasteiger partial charge in [0.15, 0.2) is 0 Å². The van der Waals surface area contributed by atoms with E-state index in [9.17, 15) is 0 Å². The van der Waals surface area contributed by atoms with E-state index in [-0.39, 0.29) is 0 Å². The molecular formula is C17H25ClO. The van der Waals surface area contributed by atoms with E-state index < -0.39 is 0 Å². The third-order valence-corrected chi connectivity index (χ3v) is 3.65. The van der Waals surface area contributed by atoms with Gasteiger partial charge >= 0.3 is 0 Å². The minimum Gasteiger partial charge on any atom is -0.493 e. The van der Waals surface area contributed by atoms with Crippen LogP contribution in [0.3, 0.4) is 0 Å². The number of para-hydroxylation sites is 1. The molecule has 0 saturated heterocycles. The Labute approximate surface area is 122 Å². The second-order valence-electron chi connectivity index (χ2n) is 4.77. The predicted octanol–water partition coefficient (Wildman–Crippen LogP) is 5.53. The summed E-state index contributed by atoms with van der Waals surface area (Å²) in [7, 11) is 0. The van der Waals surface area contributed by atoms with E-state index in [1.165, 1.54) is 19.3 Å². The third-order valence-electron chi connectivity index (χ3n) is 3.47. The van der Waals surface area contributed by atoms with E-state index in [0.717, 1.165) is 30.3 Å². The molecule has 2 heteroatoms. The number of allylic oxidation sites excluding steroid dienone is 1. The van der Waals surface area contributed by atoms with E-state index in [2.05, 4.69) is 19.9 Å². The van der Waals surface area contributed by atoms with Crippen molar-refractivity contribution in [1.82, 2.24) is 0 Å². The molecule has 0 aliphatic heterocycles. The first-order chi connectivity index (χ1) is 9.31. The van der Waals surface area contributed by atoms with Crippen LogP contribution in [-0.4, -0.2) is 12.5 Å². The highest BCUT2D eigenvalue weighted by Crippen LogP contribution is 2.21. The Morgan fingerprint density at radius 1 is 1.21 bits per heavy atom. The van der Waals surface area contributed by atoms with Gasteiger partial charge < -0.3 is 4.74 Å². The van der Waals surface area contributed by atoms with Crippen molar-refractivity contribution in [2.45, 2.75) is 39.5 Å². The van der Waals surface area contributed by atoms with Gasteiger partial charge in [0, 0.05) is 11.4 Å². The molecule has 0 aromatic heterocycles. The second-order valence-corrected chi connectivity index (χ2v) is 5.08. The van der Waals surface area contributed by atoms with Crippen molar-refractivity contribution in [3.05, 3.63) is 35.9 Å². The summed E-state index contributed by atoms with van der Waals surface area (Å²) in [6, 6.07) is 8.10. The van der Waals surface area contributed by atoms with Crippen molar-refractivity contribution in [3.63, 3.8) is 0 Å². The van der Waals surface area contributed by atoms with Crippen LogP contribution in [0.1, 0.15) is 45.1 Å². The quantitative estimate of drug-likeness (QED) is 0.427. The Bertz CT molecular complexity index is 369. The molecule has 1 aromatic carbocycles. The molecule has 1 aromatic rings. The van der Waals surface area contributed by atoms with Gasteiger partial charge in [0.05, 0.1) is 6.61 Å². The van der Waals surface area contributed by atoms with E-state index in [4.69, 9.17) is 16.3 Å². The molecule has 0 aliphatic carbocycles. The molecule has 106 valence electrons. The maximum Gasteiger partial charge on any atom is 0.126 e. The number of hydrogen-bond acceptors (Lipinski definition) is 1. The molecule has 0 bridgehead atoms. The number of alkyl halides is 1. The molecule has 0 atom stereocenters. The summed E-state index contributed by atoms with van der Waals surface area (Å²) < 4.78 is 5.88. The Morgan fingerprint density at radius 2 is 1.95 bits per heavy atom. The Balaban J connectivity index is 2.42. The van der Waals surface area contributed by atoms with E-state index in [1.807, 2.05) is 30.4 Å². The molecule has 0 amide bonds. The molecule has 0 spiro atoms. The average molecular weight is 281 g/mol. The van der Waals surface area contributed by atoms with Gasteiger partial charge in [-0.25, -0.2) is 0 Å². The average Bonchev–Trinajstić information content (AvgIpc) is 2.46. The highest BCUT2D eigenvalue weighted by molar-refractivity contribution is 6.19. The lowest BCUT2D eigenvalue weighted by molar-refractivity contribution is 0.288. The van der Waals surface area contributed by atoms with Crippen LogP contribution < -0.4 is 4.74 Å². The van der Waals surface area contributed by atoms with Crippen molar-refractivity contribution in [2.75, 3.05) is 12.5 Å². The van der Waals surface area contributed by atoms with Gasteiger partial charge in [0.2, 0.25) is 0 Å². The first kappa shape index (κ1) is 16.1. The standard InChI is InChI=1S/C17H25ClO/c1-3-15(4-2)9-8-14-19-17-12-6-5-10-16(17)11-7-13-18/h5-7,10-12,15H,3-4,8-9,13-14H2,1-2H3/b11-7+. The third kappa shape index (κ3) is 6.15. The zero-order valence-corrected chi connectivity index (χ0v) is 12.8. The summed E-state index contributed by atoms with van der Waals surface area (Å²) in [6.07, 6.45) is 8.88. The Hall–Kier alpha value is -0.950. The van der Waals surface area contributed by atoms with Crippen LogP contribution in [0.15, 0.2) is 30.3 Å². The number of rotatable bonds is 9. The van der Waals surface area contributed by atoms with Crippen LogP contribution >= 0.6 is 11.6 Å². The molecule has 0 radical (unpaired) electrons. The lowest BCUT2D eigenvalue weighted by Gasteiger charge is -2.13. The van der Waals surface area contributed by atoms with Gasteiger partial charge in [-0.1, -0.05) is 57.0 Å². The summed E-state index contributed by atoms with van der Waals surface area (Å²) in [5.41, 5.74) is 1.10. The molecule has 1 rings (SSSR count). The fraction of sp³-hybridized carbons (Fsp3) is 0.529. The van der Waals surface area contributed by atoms with Crippen molar-refractivity contribution in [3.8, 4) is 5.75 Å². The van der Waals surface area contributed by atoms with Gasteiger partial charge in [0.1, 0.15) is 5.75 Å². The highest BCUT2D eigenvalue weighted by atomic mass is 35.5. The first-order valence-corrected chi connectivity index (χ1v) is 7.79. The van der Waals surface area contributed by atoms with Crippen LogP contribution in [0.25, 0.3) is 6.08 Å². The zero-order valence-electron chi connectivity index (χ0n) is 12.1. The van der Waals surface area contributed by atoms with Gasteiger partial charge in [-0.15, -0.1) is 11.6 Å². The van der Waals surface area contributed by atoms with Crippen molar-refractivity contribution >= 4 is 17.7 Å². The Morgan fingerprint density at radius 3 is 2.63 bits per heavy atom. The zero-order chi connectivity index (χ0) is 13.9. The summed E-state index contributed by atoms with van der Waals surface area (Å²) >= 11 is 5.67. The number of halogens is 1. The molecule has 0 saturated carbocycles. The van der Waals surface area contributed by atoms with Gasteiger partial charge in [-0.3, -0.25) is 0 Å². The van der Waals surface area contributed by atoms with Crippen LogP contribution in [0, 0.1) is 5.92 Å². The van der Waals surface area contributed by atoms with Gasteiger partial charge in [0.25, 0.3) is 0 Å². The maximum absolute atomic E-state index is 5.88. The Kier molecular flexibility index (Phi) is 8.40. The van der Waals surface area contributed by atoms with E-state index in [0.29, 0.717) is 5.88 Å². The van der Waals surface area contributed by atoms with E-state index >= 15 is 0 Å². The van der Waals surface area contributed by atoms with E-state index in [1.54, 1.807) is 0 Å². The largest absolute Gasteiger partial charge is 0.493 e. The minimum absolute atomic E-state index is 0.531. The molecular weight excluding hydrogens is 256 g/mol. The first-order valence-electron chi connectivity index (χ1n) is 7.26. The van der Waals surface area contributed by atoms with Crippen molar-refractivity contribution in [1.29, 1.82) is 0 Å². The summed E-state index contributed by atoms with van der Waals surface area (Å²) in [4.78, 5) is 0. The lowest BCUT2D eigenvalue weighted by Crippen LogP contribution is -2.03. The van der Waals surface area contributed by atoms with Gasteiger partial charge in [-0.2, -0.15) is 0 Å². The van der Waals surface area contributed by atoms with Crippen LogP contribution in [0.5, 0.6) is 5.75 Å². The SMILES string of the molecule is CCC(CC)CCCOc1ccccc1/C=C/CCl. The predicted molar refractivity (Wildman–Crippen MR) is 85.0 cm³/mol. The fourth-order valence-electron chi connectivity index (χ4n) is 2.17. The topological polar surface area (TPSA) is 9.23 Å². The molecule has 0 unspecified atom stereocenters. The second kappa shape index (κ2) is 9.91. The lowest BCUT2D eigenvalue weighted by atomic mass is 9.98. The van der Waals surface area contributed by atoms with Crippen molar-refractivity contribution < 1.29 is 4.74 Å². The number of benzene rings is 1. The van der Waals surface area contributed by atoms with Crippen LogP contribution in [0.2, 0.25) is 0 Å².